The maximum absolute atomic E-state index is 4.40. The van der Waals surface area contributed by atoms with Gasteiger partial charge in [-0.1, -0.05) is 45.0 Å². The molecule has 1 aromatic carbocycles. The Labute approximate surface area is 117 Å². The molecule has 2 nitrogen and oxygen atoms in total. The SMILES string of the molecule is CC(C)(C)c1ccccc1Nc1cccc(Br)n1. The van der Waals surface area contributed by atoms with Crippen LogP contribution >= 0.6 is 15.9 Å². The molecule has 0 aliphatic carbocycles. The first-order valence-corrected chi connectivity index (χ1v) is 6.75. The van der Waals surface area contributed by atoms with Gasteiger partial charge in [0.1, 0.15) is 10.4 Å². The van der Waals surface area contributed by atoms with Crippen molar-refractivity contribution in [1.29, 1.82) is 0 Å². The Balaban J connectivity index is 2.35. The average Bonchev–Trinajstić information content (AvgIpc) is 2.28. The van der Waals surface area contributed by atoms with E-state index in [4.69, 9.17) is 0 Å². The zero-order chi connectivity index (χ0) is 13.2. The topological polar surface area (TPSA) is 24.9 Å². The zero-order valence-electron chi connectivity index (χ0n) is 10.9. The van der Waals surface area contributed by atoms with Gasteiger partial charge in [-0.15, -0.1) is 0 Å². The molecule has 0 saturated heterocycles. The highest BCUT2D eigenvalue weighted by molar-refractivity contribution is 9.10. The van der Waals surface area contributed by atoms with Crippen LogP contribution in [0.1, 0.15) is 26.3 Å². The maximum Gasteiger partial charge on any atom is 0.131 e. The second-order valence-corrected chi connectivity index (χ2v) is 6.08. The van der Waals surface area contributed by atoms with Gasteiger partial charge in [-0.3, -0.25) is 0 Å². The minimum absolute atomic E-state index is 0.107. The van der Waals surface area contributed by atoms with Crippen LogP contribution in [-0.4, -0.2) is 4.98 Å². The summed E-state index contributed by atoms with van der Waals surface area (Å²) < 4.78 is 0.834. The fourth-order valence-corrected chi connectivity index (χ4v) is 2.21. The summed E-state index contributed by atoms with van der Waals surface area (Å²) in [5.41, 5.74) is 2.50. The van der Waals surface area contributed by atoms with E-state index in [1.807, 2.05) is 24.3 Å². The molecule has 0 unspecified atom stereocenters. The van der Waals surface area contributed by atoms with Crippen molar-refractivity contribution in [3.63, 3.8) is 0 Å². The van der Waals surface area contributed by atoms with Crippen LogP contribution < -0.4 is 5.32 Å². The molecule has 0 spiro atoms. The molecule has 0 atom stereocenters. The van der Waals surface area contributed by atoms with Crippen LogP contribution in [0, 0.1) is 0 Å². The van der Waals surface area contributed by atoms with Gasteiger partial charge in [0.25, 0.3) is 0 Å². The van der Waals surface area contributed by atoms with Gasteiger partial charge >= 0.3 is 0 Å². The van der Waals surface area contributed by atoms with Crippen molar-refractivity contribution in [3.05, 3.63) is 52.6 Å². The quantitative estimate of drug-likeness (QED) is 0.799. The van der Waals surface area contributed by atoms with Crippen LogP contribution in [0.25, 0.3) is 0 Å². The first-order valence-electron chi connectivity index (χ1n) is 5.96. The van der Waals surface area contributed by atoms with Crippen molar-refractivity contribution >= 4 is 27.4 Å². The van der Waals surface area contributed by atoms with E-state index < -0.39 is 0 Å². The lowest BCUT2D eigenvalue weighted by Crippen LogP contribution is -2.13. The summed E-state index contributed by atoms with van der Waals surface area (Å²) in [4.78, 5) is 4.40. The standard InChI is InChI=1S/C15H17BrN2/c1-15(2,3)11-7-4-5-8-12(11)17-14-10-6-9-13(16)18-14/h4-10H,1-3H3,(H,17,18). The fraction of sp³-hybridized carbons (Fsp3) is 0.267. The van der Waals surface area contributed by atoms with Gasteiger partial charge in [0.15, 0.2) is 0 Å². The summed E-state index contributed by atoms with van der Waals surface area (Å²) >= 11 is 3.38. The Hall–Kier alpha value is -1.35. The molecule has 0 aliphatic rings. The molecule has 2 rings (SSSR count). The van der Waals surface area contributed by atoms with Gasteiger partial charge in [-0.2, -0.15) is 0 Å². The molecule has 0 bridgehead atoms. The summed E-state index contributed by atoms with van der Waals surface area (Å²) in [7, 11) is 0. The van der Waals surface area contributed by atoms with E-state index in [9.17, 15) is 0 Å². The van der Waals surface area contributed by atoms with E-state index in [1.165, 1.54) is 5.56 Å². The van der Waals surface area contributed by atoms with Gasteiger partial charge in [0, 0.05) is 5.69 Å². The lowest BCUT2D eigenvalue weighted by atomic mass is 9.86. The summed E-state index contributed by atoms with van der Waals surface area (Å²) in [6.45, 7) is 6.63. The van der Waals surface area contributed by atoms with Gasteiger partial charge < -0.3 is 5.32 Å². The number of aromatic nitrogens is 1. The average molecular weight is 305 g/mol. The third-order valence-electron chi connectivity index (χ3n) is 2.71. The number of nitrogens with one attached hydrogen (secondary N) is 1. The molecular formula is C15H17BrN2. The molecule has 1 N–H and O–H groups in total. The molecule has 0 aliphatic heterocycles. The Bertz CT molecular complexity index is 544. The molecular weight excluding hydrogens is 288 g/mol. The second kappa shape index (κ2) is 5.11. The number of rotatable bonds is 2. The second-order valence-electron chi connectivity index (χ2n) is 5.27. The highest BCUT2D eigenvalue weighted by Crippen LogP contribution is 2.30. The summed E-state index contributed by atoms with van der Waals surface area (Å²) in [6.07, 6.45) is 0. The van der Waals surface area contributed by atoms with E-state index in [0.717, 1.165) is 16.1 Å². The van der Waals surface area contributed by atoms with E-state index in [1.54, 1.807) is 0 Å². The van der Waals surface area contributed by atoms with E-state index in [2.05, 4.69) is 65.2 Å². The lowest BCUT2D eigenvalue weighted by Gasteiger charge is -2.23. The van der Waals surface area contributed by atoms with Gasteiger partial charge in [0.05, 0.1) is 0 Å². The van der Waals surface area contributed by atoms with Crippen molar-refractivity contribution < 1.29 is 0 Å². The highest BCUT2D eigenvalue weighted by Gasteiger charge is 2.17. The van der Waals surface area contributed by atoms with Crippen LogP contribution in [0.5, 0.6) is 0 Å². The molecule has 1 heterocycles. The monoisotopic (exact) mass is 304 g/mol. The number of hydrogen-bond acceptors (Lipinski definition) is 2. The Morgan fingerprint density at radius 3 is 2.39 bits per heavy atom. The van der Waals surface area contributed by atoms with Crippen molar-refractivity contribution in [2.75, 3.05) is 5.32 Å². The largest absolute Gasteiger partial charge is 0.340 e. The van der Waals surface area contributed by atoms with Gasteiger partial charge in [0.2, 0.25) is 0 Å². The number of anilines is 2. The zero-order valence-corrected chi connectivity index (χ0v) is 12.5. The third-order valence-corrected chi connectivity index (χ3v) is 3.15. The molecule has 1 aromatic heterocycles. The Morgan fingerprint density at radius 2 is 1.72 bits per heavy atom. The number of hydrogen-bond donors (Lipinski definition) is 1. The molecule has 2 aromatic rings. The summed E-state index contributed by atoms with van der Waals surface area (Å²) in [5.74, 6) is 0.848. The van der Waals surface area contributed by atoms with Crippen molar-refractivity contribution in [3.8, 4) is 0 Å². The molecule has 0 saturated carbocycles. The van der Waals surface area contributed by atoms with Crippen molar-refractivity contribution in [2.24, 2.45) is 0 Å². The number of pyridine rings is 1. The summed E-state index contributed by atoms with van der Waals surface area (Å²) in [5, 5.41) is 3.38. The van der Waals surface area contributed by atoms with Gasteiger partial charge in [-0.05, 0) is 45.1 Å². The Morgan fingerprint density at radius 1 is 1.00 bits per heavy atom. The molecule has 0 fully saturated rings. The first-order chi connectivity index (χ1) is 8.47. The minimum atomic E-state index is 0.107. The van der Waals surface area contributed by atoms with Crippen molar-refractivity contribution in [2.45, 2.75) is 26.2 Å². The highest BCUT2D eigenvalue weighted by atomic mass is 79.9. The predicted octanol–water partition coefficient (Wildman–Crippen LogP) is 4.89. The van der Waals surface area contributed by atoms with E-state index in [0.29, 0.717) is 0 Å². The summed E-state index contributed by atoms with van der Waals surface area (Å²) in [6, 6.07) is 14.2. The van der Waals surface area contributed by atoms with Gasteiger partial charge in [-0.25, -0.2) is 4.98 Å². The van der Waals surface area contributed by atoms with E-state index in [-0.39, 0.29) is 5.41 Å². The fourth-order valence-electron chi connectivity index (χ4n) is 1.86. The van der Waals surface area contributed by atoms with E-state index >= 15 is 0 Å². The Kier molecular flexibility index (Phi) is 3.71. The molecule has 18 heavy (non-hydrogen) atoms. The molecule has 0 radical (unpaired) electrons. The lowest BCUT2D eigenvalue weighted by molar-refractivity contribution is 0.592. The molecule has 0 amide bonds. The normalized spacial score (nSPS) is 11.3. The molecule has 3 heteroatoms. The number of benzene rings is 1. The van der Waals surface area contributed by atoms with Crippen LogP contribution in [0.15, 0.2) is 47.1 Å². The number of halogens is 1. The number of nitrogens with zero attached hydrogens (tertiary/aromatic N) is 1. The van der Waals surface area contributed by atoms with Crippen LogP contribution in [-0.2, 0) is 5.41 Å². The van der Waals surface area contributed by atoms with Crippen molar-refractivity contribution in [1.82, 2.24) is 4.98 Å². The minimum Gasteiger partial charge on any atom is -0.340 e. The van der Waals surface area contributed by atoms with Crippen LogP contribution in [0.4, 0.5) is 11.5 Å². The van der Waals surface area contributed by atoms with Crippen LogP contribution in [0.3, 0.4) is 0 Å². The third kappa shape index (κ3) is 3.10. The molecule has 94 valence electrons. The first kappa shape index (κ1) is 13.1. The maximum atomic E-state index is 4.40. The smallest absolute Gasteiger partial charge is 0.131 e. The number of para-hydroxylation sites is 1. The van der Waals surface area contributed by atoms with Crippen LogP contribution in [0.2, 0.25) is 0 Å². The predicted molar refractivity (Wildman–Crippen MR) is 80.4 cm³/mol.